The summed E-state index contributed by atoms with van der Waals surface area (Å²) in [5.74, 6) is 0. The van der Waals surface area contributed by atoms with Crippen LogP contribution in [0.1, 0.15) is 29.3 Å². The van der Waals surface area contributed by atoms with E-state index in [-0.39, 0.29) is 11.6 Å². The van der Waals surface area contributed by atoms with Crippen molar-refractivity contribution in [1.29, 1.82) is 0 Å². The molecule has 0 bridgehead atoms. The molecule has 1 N–H and O–H groups in total. The van der Waals surface area contributed by atoms with Gasteiger partial charge in [-0.2, -0.15) is 13.2 Å². The lowest BCUT2D eigenvalue weighted by Gasteiger charge is -2.30. The van der Waals surface area contributed by atoms with Crippen LogP contribution in [0.2, 0.25) is 0 Å². The van der Waals surface area contributed by atoms with Crippen LogP contribution in [0.5, 0.6) is 0 Å². The molecule has 0 aliphatic carbocycles. The second-order valence-electron chi connectivity index (χ2n) is 7.00. The van der Waals surface area contributed by atoms with E-state index in [9.17, 15) is 13.2 Å². The summed E-state index contributed by atoms with van der Waals surface area (Å²) in [7, 11) is 0. The third kappa shape index (κ3) is 3.56. The van der Waals surface area contributed by atoms with Crippen molar-refractivity contribution in [3.05, 3.63) is 58.9 Å². The number of benzene rings is 1. The Morgan fingerprint density at radius 1 is 1.15 bits per heavy atom. The number of nitrogens with one attached hydrogen (secondary N) is 1. The highest BCUT2D eigenvalue weighted by Crippen LogP contribution is 2.36. The summed E-state index contributed by atoms with van der Waals surface area (Å²) < 4.78 is 40.9. The summed E-state index contributed by atoms with van der Waals surface area (Å²) in [4.78, 5) is 11.1. The van der Waals surface area contributed by atoms with Crippen molar-refractivity contribution in [2.75, 3.05) is 31.1 Å². The Morgan fingerprint density at radius 3 is 2.67 bits per heavy atom. The van der Waals surface area contributed by atoms with Gasteiger partial charge in [-0.25, -0.2) is 0 Å². The van der Waals surface area contributed by atoms with E-state index in [1.807, 2.05) is 31.2 Å². The third-order valence-electron chi connectivity index (χ3n) is 5.01. The van der Waals surface area contributed by atoms with Gasteiger partial charge in [0.25, 0.3) is 0 Å². The zero-order valence-electron chi connectivity index (χ0n) is 15.1. The first kappa shape index (κ1) is 18.0. The van der Waals surface area contributed by atoms with Gasteiger partial charge >= 0.3 is 6.18 Å². The van der Waals surface area contributed by atoms with Gasteiger partial charge in [0.05, 0.1) is 23.0 Å². The molecule has 142 valence electrons. The second kappa shape index (κ2) is 6.96. The van der Waals surface area contributed by atoms with Gasteiger partial charge in [-0.1, -0.05) is 12.1 Å². The molecule has 1 unspecified atom stereocenters. The van der Waals surface area contributed by atoms with E-state index in [2.05, 4.69) is 20.2 Å². The molecule has 1 saturated heterocycles. The molecule has 0 amide bonds. The third-order valence-corrected chi connectivity index (χ3v) is 5.01. The summed E-state index contributed by atoms with van der Waals surface area (Å²) in [6, 6.07) is 8.60. The zero-order valence-corrected chi connectivity index (χ0v) is 15.1. The smallest absolute Gasteiger partial charge is 0.369 e. The van der Waals surface area contributed by atoms with E-state index in [4.69, 9.17) is 0 Å². The van der Waals surface area contributed by atoms with E-state index >= 15 is 0 Å². The highest BCUT2D eigenvalue weighted by molar-refractivity contribution is 6.15. The van der Waals surface area contributed by atoms with E-state index in [1.165, 1.54) is 6.20 Å². The highest BCUT2D eigenvalue weighted by Gasteiger charge is 2.37. The van der Waals surface area contributed by atoms with Crippen molar-refractivity contribution in [3.8, 4) is 0 Å². The molecule has 2 aliphatic heterocycles. The number of piperazine rings is 1. The zero-order chi connectivity index (χ0) is 19.0. The number of anilines is 1. The Bertz CT molecular complexity index is 870. The number of alkyl halides is 3. The number of aromatic nitrogens is 1. The monoisotopic (exact) mass is 374 g/mol. The topological polar surface area (TPSA) is 40.5 Å². The Hall–Kier alpha value is -2.41. The SMILES string of the molecule is CC1Cc2nccc(C(F)(F)F)c2C(c2cccc(N3CCNCC3)c2)=N1. The molecule has 2 aliphatic rings. The van der Waals surface area contributed by atoms with Crippen LogP contribution in [0.15, 0.2) is 41.5 Å². The van der Waals surface area contributed by atoms with Crippen molar-refractivity contribution < 1.29 is 13.2 Å². The molecule has 0 spiro atoms. The van der Waals surface area contributed by atoms with Gasteiger partial charge in [-0.15, -0.1) is 0 Å². The molecular weight excluding hydrogens is 353 g/mol. The summed E-state index contributed by atoms with van der Waals surface area (Å²) in [5, 5.41) is 3.31. The van der Waals surface area contributed by atoms with Crippen molar-refractivity contribution >= 4 is 11.4 Å². The summed E-state index contributed by atoms with van der Waals surface area (Å²) in [6.45, 7) is 5.45. The molecule has 27 heavy (non-hydrogen) atoms. The van der Waals surface area contributed by atoms with Crippen LogP contribution >= 0.6 is 0 Å². The van der Waals surface area contributed by atoms with Crippen LogP contribution in [0.25, 0.3) is 0 Å². The second-order valence-corrected chi connectivity index (χ2v) is 7.00. The minimum absolute atomic E-state index is 0.105. The van der Waals surface area contributed by atoms with Crippen molar-refractivity contribution in [3.63, 3.8) is 0 Å². The molecule has 1 fully saturated rings. The highest BCUT2D eigenvalue weighted by atomic mass is 19.4. The molecular formula is C20H21F3N4. The maximum absolute atomic E-state index is 13.6. The maximum Gasteiger partial charge on any atom is 0.417 e. The average Bonchev–Trinajstić information content (AvgIpc) is 2.67. The number of hydrogen-bond donors (Lipinski definition) is 1. The lowest BCUT2D eigenvalue weighted by molar-refractivity contribution is -0.137. The quantitative estimate of drug-likeness (QED) is 0.877. The van der Waals surface area contributed by atoms with Crippen LogP contribution in [0, 0.1) is 0 Å². The molecule has 1 aromatic heterocycles. The first-order valence-corrected chi connectivity index (χ1v) is 9.13. The van der Waals surface area contributed by atoms with Gasteiger partial charge < -0.3 is 10.2 Å². The Morgan fingerprint density at radius 2 is 1.93 bits per heavy atom. The molecule has 0 saturated carbocycles. The standard InChI is InChI=1S/C20H21F3N4/c1-13-11-17-18(16(5-6-25-17)20(21,22)23)19(26-13)14-3-2-4-15(12-14)27-9-7-24-8-10-27/h2-6,12-13,24H,7-11H2,1H3. The largest absolute Gasteiger partial charge is 0.417 e. The van der Waals surface area contributed by atoms with Gasteiger partial charge in [0.2, 0.25) is 0 Å². The van der Waals surface area contributed by atoms with Gasteiger partial charge in [-0.05, 0) is 25.1 Å². The van der Waals surface area contributed by atoms with Gasteiger partial charge in [0.1, 0.15) is 0 Å². The normalized spacial score (nSPS) is 20.2. The fourth-order valence-corrected chi connectivity index (χ4v) is 3.76. The lowest BCUT2D eigenvalue weighted by atomic mass is 9.90. The Balaban J connectivity index is 1.81. The molecule has 0 radical (unpaired) electrons. The maximum atomic E-state index is 13.6. The number of aliphatic imine (C=N–C) groups is 1. The van der Waals surface area contributed by atoms with Crippen LogP contribution in [0.4, 0.5) is 18.9 Å². The van der Waals surface area contributed by atoms with Gasteiger partial charge in [0.15, 0.2) is 0 Å². The van der Waals surface area contributed by atoms with Crippen LogP contribution in [-0.2, 0) is 12.6 Å². The molecule has 1 aromatic carbocycles. The minimum Gasteiger partial charge on any atom is -0.369 e. The molecule has 2 aromatic rings. The minimum atomic E-state index is -4.44. The number of halogens is 3. The lowest BCUT2D eigenvalue weighted by Crippen LogP contribution is -2.43. The van der Waals surface area contributed by atoms with Gasteiger partial charge in [-0.3, -0.25) is 9.98 Å². The predicted molar refractivity (Wildman–Crippen MR) is 99.6 cm³/mol. The number of hydrogen-bond acceptors (Lipinski definition) is 4. The number of nitrogens with zero attached hydrogens (tertiary/aromatic N) is 3. The number of pyridine rings is 1. The Kier molecular flexibility index (Phi) is 4.63. The summed E-state index contributed by atoms with van der Waals surface area (Å²) in [5.41, 5.74) is 2.04. The van der Waals surface area contributed by atoms with Crippen molar-refractivity contribution in [2.45, 2.75) is 25.6 Å². The first-order chi connectivity index (χ1) is 12.9. The van der Waals surface area contributed by atoms with Crippen LogP contribution < -0.4 is 10.2 Å². The first-order valence-electron chi connectivity index (χ1n) is 9.13. The van der Waals surface area contributed by atoms with E-state index in [1.54, 1.807) is 0 Å². The fourth-order valence-electron chi connectivity index (χ4n) is 3.76. The molecule has 4 nitrogen and oxygen atoms in total. The van der Waals surface area contributed by atoms with Crippen molar-refractivity contribution in [2.24, 2.45) is 4.99 Å². The molecule has 7 heteroatoms. The fraction of sp³-hybridized carbons (Fsp3) is 0.400. The molecule has 4 rings (SSSR count). The number of rotatable bonds is 2. The average molecular weight is 374 g/mol. The van der Waals surface area contributed by atoms with E-state index in [0.717, 1.165) is 37.9 Å². The van der Waals surface area contributed by atoms with E-state index in [0.29, 0.717) is 23.4 Å². The summed E-state index contributed by atoms with van der Waals surface area (Å²) >= 11 is 0. The molecule has 1 atom stereocenters. The van der Waals surface area contributed by atoms with Gasteiger partial charge in [0, 0.05) is 55.6 Å². The van der Waals surface area contributed by atoms with E-state index < -0.39 is 11.7 Å². The van der Waals surface area contributed by atoms with Crippen LogP contribution in [0.3, 0.4) is 0 Å². The Labute approximate surface area is 156 Å². The number of fused-ring (bicyclic) bond motifs is 1. The predicted octanol–water partition coefficient (Wildman–Crippen LogP) is 3.29. The molecule has 3 heterocycles. The summed E-state index contributed by atoms with van der Waals surface area (Å²) in [6.07, 6.45) is -2.78. The van der Waals surface area contributed by atoms with Crippen molar-refractivity contribution in [1.82, 2.24) is 10.3 Å². The van der Waals surface area contributed by atoms with Crippen LogP contribution in [-0.4, -0.2) is 42.9 Å².